The van der Waals surface area contributed by atoms with Gasteiger partial charge in [0, 0.05) is 25.7 Å². The van der Waals surface area contributed by atoms with Crippen molar-refractivity contribution in [2.75, 3.05) is 18.8 Å². The second kappa shape index (κ2) is 9.39. The Morgan fingerprint density at radius 3 is 2.60 bits per heavy atom. The Hall–Kier alpha value is -4.51. The Bertz CT molecular complexity index is 1490. The average molecular weight is 468 g/mol. The lowest BCUT2D eigenvalue weighted by molar-refractivity contribution is -0.124. The summed E-state index contributed by atoms with van der Waals surface area (Å²) in [4.78, 5) is 32.0. The van der Waals surface area contributed by atoms with E-state index in [1.807, 2.05) is 61.5 Å². The fourth-order valence-electron chi connectivity index (χ4n) is 4.45. The van der Waals surface area contributed by atoms with Gasteiger partial charge in [-0.15, -0.1) is 0 Å². The van der Waals surface area contributed by atoms with Crippen molar-refractivity contribution < 1.29 is 9.53 Å². The van der Waals surface area contributed by atoms with Crippen molar-refractivity contribution in [1.29, 1.82) is 0 Å². The van der Waals surface area contributed by atoms with E-state index in [-0.39, 0.29) is 23.5 Å². The van der Waals surface area contributed by atoms with Gasteiger partial charge in [-0.25, -0.2) is 9.78 Å². The molecule has 1 aliphatic rings. The molecule has 1 saturated heterocycles. The number of para-hydroxylation sites is 1. The summed E-state index contributed by atoms with van der Waals surface area (Å²) < 4.78 is 9.18. The number of aromatic nitrogens is 3. The van der Waals surface area contributed by atoms with Gasteiger partial charge in [-0.3, -0.25) is 13.9 Å². The Labute approximate surface area is 202 Å². The number of carbonyl (C=O) groups is 1. The van der Waals surface area contributed by atoms with Gasteiger partial charge >= 0.3 is 5.69 Å². The third-order valence-corrected chi connectivity index (χ3v) is 6.07. The number of benzene rings is 2. The first-order valence-electron chi connectivity index (χ1n) is 11.6. The van der Waals surface area contributed by atoms with Crippen molar-refractivity contribution in [3.63, 3.8) is 0 Å². The molecule has 1 fully saturated rings. The molecular weight excluding hydrogens is 442 g/mol. The van der Waals surface area contributed by atoms with Gasteiger partial charge < -0.3 is 15.4 Å². The van der Waals surface area contributed by atoms with Crippen molar-refractivity contribution in [2.24, 2.45) is 0 Å². The summed E-state index contributed by atoms with van der Waals surface area (Å²) >= 11 is 0. The SMILES string of the molecule is CCC#CC(=O)N1CC[C@@H](n2c(=O)n(-c3ccc(Oc4ccccc4)cc3)c3c(N)nccc32)C1. The van der Waals surface area contributed by atoms with Gasteiger partial charge in [0.1, 0.15) is 22.8 Å². The smallest absolute Gasteiger partial charge is 0.334 e. The maximum absolute atomic E-state index is 13.7. The molecule has 0 spiro atoms. The molecule has 0 aliphatic carbocycles. The molecule has 176 valence electrons. The number of carbonyl (C=O) groups excluding carboxylic acids is 1. The van der Waals surface area contributed by atoms with E-state index in [9.17, 15) is 9.59 Å². The molecule has 8 heteroatoms. The number of nitrogen functional groups attached to an aromatic ring is 1. The number of amides is 1. The lowest BCUT2D eigenvalue weighted by Crippen LogP contribution is -2.31. The van der Waals surface area contributed by atoms with Crippen molar-refractivity contribution >= 4 is 22.8 Å². The Morgan fingerprint density at radius 1 is 1.11 bits per heavy atom. The number of fused-ring (bicyclic) bond motifs is 1. The molecule has 4 aromatic rings. The fraction of sp³-hybridized carbons (Fsp3) is 0.222. The number of likely N-dealkylation sites (tertiary alicyclic amines) is 1. The zero-order chi connectivity index (χ0) is 24.4. The Kier molecular flexibility index (Phi) is 5.98. The van der Waals surface area contributed by atoms with Crippen molar-refractivity contribution in [1.82, 2.24) is 19.0 Å². The largest absolute Gasteiger partial charge is 0.457 e. The minimum absolute atomic E-state index is 0.180. The highest BCUT2D eigenvalue weighted by atomic mass is 16.5. The highest BCUT2D eigenvalue weighted by Crippen LogP contribution is 2.29. The van der Waals surface area contributed by atoms with Gasteiger partial charge in [0.25, 0.3) is 5.91 Å². The van der Waals surface area contributed by atoms with Gasteiger partial charge in [-0.05, 0) is 54.8 Å². The molecule has 3 heterocycles. The maximum atomic E-state index is 13.7. The van der Waals surface area contributed by atoms with Crippen LogP contribution in [-0.2, 0) is 4.79 Å². The summed E-state index contributed by atoms with van der Waals surface area (Å²) in [5.41, 5.74) is 7.90. The van der Waals surface area contributed by atoms with Crippen LogP contribution in [0.5, 0.6) is 11.5 Å². The van der Waals surface area contributed by atoms with E-state index in [0.717, 1.165) is 5.75 Å². The maximum Gasteiger partial charge on any atom is 0.334 e. The van der Waals surface area contributed by atoms with Crippen molar-refractivity contribution in [2.45, 2.75) is 25.8 Å². The van der Waals surface area contributed by atoms with E-state index in [4.69, 9.17) is 10.5 Å². The van der Waals surface area contributed by atoms with Crippen LogP contribution in [0, 0.1) is 11.8 Å². The van der Waals surface area contributed by atoms with Crippen LogP contribution in [0.3, 0.4) is 0 Å². The number of hydrogen-bond acceptors (Lipinski definition) is 5. The Balaban J connectivity index is 1.51. The van der Waals surface area contributed by atoms with Crippen LogP contribution in [0.15, 0.2) is 71.7 Å². The number of anilines is 1. The summed E-state index contributed by atoms with van der Waals surface area (Å²) in [5, 5.41) is 0. The molecule has 35 heavy (non-hydrogen) atoms. The van der Waals surface area contributed by atoms with E-state index < -0.39 is 0 Å². The topological polar surface area (TPSA) is 95.4 Å². The van der Waals surface area contributed by atoms with E-state index in [0.29, 0.717) is 48.4 Å². The number of nitrogens with zero attached hydrogens (tertiary/aromatic N) is 4. The Morgan fingerprint density at radius 2 is 1.86 bits per heavy atom. The van der Waals surface area contributed by atoms with Gasteiger partial charge in [0.2, 0.25) is 0 Å². The predicted molar refractivity (Wildman–Crippen MR) is 135 cm³/mol. The molecule has 0 unspecified atom stereocenters. The number of pyridine rings is 1. The number of hydrogen-bond donors (Lipinski definition) is 1. The number of ether oxygens (including phenoxy) is 1. The molecule has 1 aliphatic heterocycles. The molecular formula is C27H25N5O3. The molecule has 1 amide bonds. The number of nitrogens with two attached hydrogens (primary N) is 1. The zero-order valence-electron chi connectivity index (χ0n) is 19.3. The lowest BCUT2D eigenvalue weighted by Gasteiger charge is -2.14. The minimum Gasteiger partial charge on any atom is -0.457 e. The quantitative estimate of drug-likeness (QED) is 0.461. The van der Waals surface area contributed by atoms with E-state index >= 15 is 0 Å². The highest BCUT2D eigenvalue weighted by molar-refractivity contribution is 5.93. The molecule has 0 bridgehead atoms. The van der Waals surface area contributed by atoms with Gasteiger partial charge in [-0.1, -0.05) is 31.0 Å². The van der Waals surface area contributed by atoms with Crippen LogP contribution in [0.2, 0.25) is 0 Å². The molecule has 0 saturated carbocycles. The van der Waals surface area contributed by atoms with Crippen LogP contribution in [0.1, 0.15) is 25.8 Å². The molecule has 2 aromatic heterocycles. The standard InChI is InChI=1S/C27H25N5O3/c1-2-3-9-24(33)30-17-15-20(18-30)31-23-14-16-29-26(28)25(23)32(27(31)34)19-10-12-22(13-11-19)35-21-7-5-4-6-8-21/h4-8,10-14,16,20H,2,15,17-18H2,1H3,(H2,28,29)/t20-/m1/s1. The molecule has 1 atom stereocenters. The summed E-state index contributed by atoms with van der Waals surface area (Å²) in [6.07, 6.45) is 2.88. The van der Waals surface area contributed by atoms with E-state index in [1.54, 1.807) is 26.3 Å². The molecule has 2 aromatic carbocycles. The molecule has 8 nitrogen and oxygen atoms in total. The second-order valence-corrected chi connectivity index (χ2v) is 8.31. The first kappa shape index (κ1) is 22.3. The summed E-state index contributed by atoms with van der Waals surface area (Å²) in [6.45, 7) is 2.87. The van der Waals surface area contributed by atoms with Crippen LogP contribution in [-0.4, -0.2) is 38.0 Å². The van der Waals surface area contributed by atoms with Crippen molar-refractivity contribution in [3.05, 3.63) is 77.3 Å². The van der Waals surface area contributed by atoms with Crippen molar-refractivity contribution in [3.8, 4) is 29.0 Å². The number of imidazole rings is 1. The van der Waals surface area contributed by atoms with Gasteiger partial charge in [-0.2, -0.15) is 0 Å². The van der Waals surface area contributed by atoms with E-state index in [2.05, 4.69) is 16.8 Å². The van der Waals surface area contributed by atoms with Crippen LogP contribution in [0.4, 0.5) is 5.82 Å². The summed E-state index contributed by atoms with van der Waals surface area (Å²) in [5.74, 6) is 6.93. The number of rotatable bonds is 4. The van der Waals surface area contributed by atoms with Crippen LogP contribution >= 0.6 is 0 Å². The first-order valence-corrected chi connectivity index (χ1v) is 11.6. The second-order valence-electron chi connectivity index (χ2n) is 8.31. The van der Waals surface area contributed by atoms with Gasteiger partial charge in [0.05, 0.1) is 17.2 Å². The first-order chi connectivity index (χ1) is 17.1. The van der Waals surface area contributed by atoms with Crippen LogP contribution in [0.25, 0.3) is 16.7 Å². The third kappa shape index (κ3) is 4.24. The lowest BCUT2D eigenvalue weighted by atomic mass is 10.2. The van der Waals surface area contributed by atoms with E-state index in [1.165, 1.54) is 0 Å². The monoisotopic (exact) mass is 467 g/mol. The zero-order valence-corrected chi connectivity index (χ0v) is 19.3. The molecule has 2 N–H and O–H groups in total. The summed E-state index contributed by atoms with van der Waals surface area (Å²) in [7, 11) is 0. The average Bonchev–Trinajstić information content (AvgIpc) is 3.47. The normalized spacial score (nSPS) is 15.1. The molecule has 0 radical (unpaired) electrons. The van der Waals surface area contributed by atoms with Gasteiger partial charge in [0.15, 0.2) is 0 Å². The molecule has 5 rings (SSSR count). The minimum atomic E-state index is -0.227. The predicted octanol–water partition coefficient (Wildman–Crippen LogP) is 3.75. The fourth-order valence-corrected chi connectivity index (χ4v) is 4.45. The summed E-state index contributed by atoms with van der Waals surface area (Å²) in [6, 6.07) is 18.4. The third-order valence-electron chi connectivity index (χ3n) is 6.07. The highest BCUT2D eigenvalue weighted by Gasteiger charge is 2.31. The van der Waals surface area contributed by atoms with Crippen LogP contribution < -0.4 is 16.2 Å².